The Balaban J connectivity index is 0.00000200. The van der Waals surface area contributed by atoms with E-state index in [9.17, 15) is 4.79 Å². The average Bonchev–Trinajstić information content (AvgIpc) is 2.85. The smallest absolute Gasteiger partial charge is 0.257 e. The van der Waals surface area contributed by atoms with Crippen LogP contribution in [0.3, 0.4) is 0 Å². The zero-order valence-electron chi connectivity index (χ0n) is 11.4. The molecule has 2 N–H and O–H groups in total. The van der Waals surface area contributed by atoms with Gasteiger partial charge in [0.15, 0.2) is 0 Å². The normalized spacial score (nSPS) is 9.90. The number of amides is 1. The molecule has 0 fully saturated rings. The van der Waals surface area contributed by atoms with Crippen LogP contribution in [0, 0.1) is 6.92 Å². The Bertz CT molecular complexity index is 540. The molecular formula is C15H19ClN2O2. The van der Waals surface area contributed by atoms with E-state index in [1.165, 1.54) is 6.26 Å². The lowest BCUT2D eigenvalue weighted by Crippen LogP contribution is -2.35. The molecular weight excluding hydrogens is 276 g/mol. The van der Waals surface area contributed by atoms with Gasteiger partial charge < -0.3 is 15.1 Å². The summed E-state index contributed by atoms with van der Waals surface area (Å²) in [7, 11) is 0. The topological polar surface area (TPSA) is 59.5 Å². The highest BCUT2D eigenvalue weighted by molar-refractivity contribution is 5.95. The van der Waals surface area contributed by atoms with Crippen LogP contribution in [0.2, 0.25) is 0 Å². The molecule has 0 aliphatic rings. The first-order chi connectivity index (χ1) is 9.22. The zero-order valence-corrected chi connectivity index (χ0v) is 12.2. The van der Waals surface area contributed by atoms with Crippen molar-refractivity contribution in [2.75, 3.05) is 13.1 Å². The molecule has 0 saturated heterocycles. The minimum Gasteiger partial charge on any atom is -0.469 e. The predicted octanol–water partition coefficient (Wildman–Crippen LogP) is 2.61. The fraction of sp³-hybridized carbons (Fsp3) is 0.267. The Hall–Kier alpha value is -1.78. The van der Waals surface area contributed by atoms with Crippen molar-refractivity contribution >= 4 is 18.3 Å². The molecule has 0 atom stereocenters. The maximum Gasteiger partial charge on any atom is 0.257 e. The number of halogens is 1. The number of nitrogens with zero attached hydrogens (tertiary/aromatic N) is 1. The van der Waals surface area contributed by atoms with Crippen LogP contribution in [0.5, 0.6) is 0 Å². The monoisotopic (exact) mass is 294 g/mol. The van der Waals surface area contributed by atoms with Crippen LogP contribution in [0.15, 0.2) is 47.1 Å². The van der Waals surface area contributed by atoms with Crippen LogP contribution in [-0.4, -0.2) is 23.9 Å². The van der Waals surface area contributed by atoms with Crippen molar-refractivity contribution in [3.05, 3.63) is 59.5 Å². The van der Waals surface area contributed by atoms with Gasteiger partial charge in [0.25, 0.3) is 5.91 Å². The second kappa shape index (κ2) is 7.72. The van der Waals surface area contributed by atoms with Gasteiger partial charge in [0.1, 0.15) is 5.76 Å². The molecule has 2 aromatic rings. The summed E-state index contributed by atoms with van der Waals surface area (Å²) >= 11 is 0. The van der Waals surface area contributed by atoms with Crippen molar-refractivity contribution < 1.29 is 9.21 Å². The van der Waals surface area contributed by atoms with Gasteiger partial charge in [-0.3, -0.25) is 4.79 Å². The predicted molar refractivity (Wildman–Crippen MR) is 80.9 cm³/mol. The van der Waals surface area contributed by atoms with E-state index in [1.807, 2.05) is 30.3 Å². The van der Waals surface area contributed by atoms with Gasteiger partial charge >= 0.3 is 0 Å². The summed E-state index contributed by atoms with van der Waals surface area (Å²) in [6.07, 6.45) is 1.53. The molecule has 1 aromatic carbocycles. The molecule has 108 valence electrons. The number of hydrogen-bond acceptors (Lipinski definition) is 3. The number of rotatable bonds is 5. The SMILES string of the molecule is Cc1occc1C(=O)N(CCN)Cc1ccccc1.Cl. The molecule has 4 nitrogen and oxygen atoms in total. The van der Waals surface area contributed by atoms with Gasteiger partial charge in [-0.05, 0) is 18.6 Å². The van der Waals surface area contributed by atoms with Crippen molar-refractivity contribution in [3.63, 3.8) is 0 Å². The molecule has 1 heterocycles. The molecule has 1 amide bonds. The van der Waals surface area contributed by atoms with Crippen molar-refractivity contribution in [1.29, 1.82) is 0 Å². The zero-order chi connectivity index (χ0) is 13.7. The third-order valence-electron chi connectivity index (χ3n) is 2.99. The first-order valence-corrected chi connectivity index (χ1v) is 6.29. The third kappa shape index (κ3) is 3.85. The van der Waals surface area contributed by atoms with Crippen LogP contribution in [-0.2, 0) is 6.54 Å². The van der Waals surface area contributed by atoms with Crippen LogP contribution in [0.1, 0.15) is 21.7 Å². The molecule has 0 radical (unpaired) electrons. The molecule has 0 aliphatic heterocycles. The van der Waals surface area contributed by atoms with Gasteiger partial charge in [0.05, 0.1) is 11.8 Å². The highest BCUT2D eigenvalue weighted by Crippen LogP contribution is 2.14. The summed E-state index contributed by atoms with van der Waals surface area (Å²) in [4.78, 5) is 14.2. The van der Waals surface area contributed by atoms with E-state index in [1.54, 1.807) is 17.9 Å². The first kappa shape index (κ1) is 16.3. The Kier molecular flexibility index (Phi) is 6.28. The van der Waals surface area contributed by atoms with E-state index in [2.05, 4.69) is 0 Å². The fourth-order valence-corrected chi connectivity index (χ4v) is 1.99. The number of furan rings is 1. The Morgan fingerprint density at radius 2 is 1.95 bits per heavy atom. The standard InChI is InChI=1S/C15H18N2O2.ClH/c1-12-14(7-10-19-12)15(18)17(9-8-16)11-13-5-3-2-4-6-13;/h2-7,10H,8-9,11,16H2,1H3;1H. The quantitative estimate of drug-likeness (QED) is 0.922. The summed E-state index contributed by atoms with van der Waals surface area (Å²) < 4.78 is 5.19. The number of hydrogen-bond donors (Lipinski definition) is 1. The Morgan fingerprint density at radius 3 is 2.50 bits per heavy atom. The minimum absolute atomic E-state index is 0. The molecule has 0 bridgehead atoms. The van der Waals surface area contributed by atoms with Gasteiger partial charge in [-0.15, -0.1) is 12.4 Å². The lowest BCUT2D eigenvalue weighted by Gasteiger charge is -2.21. The molecule has 2 rings (SSSR count). The maximum atomic E-state index is 12.4. The molecule has 1 aromatic heterocycles. The van der Waals surface area contributed by atoms with Gasteiger partial charge in [0.2, 0.25) is 0 Å². The van der Waals surface area contributed by atoms with E-state index in [0.717, 1.165) is 5.56 Å². The summed E-state index contributed by atoms with van der Waals surface area (Å²) in [5, 5.41) is 0. The van der Waals surface area contributed by atoms with Crippen molar-refractivity contribution in [1.82, 2.24) is 4.90 Å². The van der Waals surface area contributed by atoms with Gasteiger partial charge in [0, 0.05) is 19.6 Å². The van der Waals surface area contributed by atoms with E-state index in [4.69, 9.17) is 10.2 Å². The molecule has 0 unspecified atom stereocenters. The molecule has 0 aliphatic carbocycles. The summed E-state index contributed by atoms with van der Waals surface area (Å²) in [6, 6.07) is 11.6. The summed E-state index contributed by atoms with van der Waals surface area (Å²) in [5.41, 5.74) is 7.28. The summed E-state index contributed by atoms with van der Waals surface area (Å²) in [6.45, 7) is 3.31. The lowest BCUT2D eigenvalue weighted by atomic mass is 10.1. The van der Waals surface area contributed by atoms with E-state index in [0.29, 0.717) is 31.0 Å². The third-order valence-corrected chi connectivity index (χ3v) is 2.99. The average molecular weight is 295 g/mol. The molecule has 0 saturated carbocycles. The highest BCUT2D eigenvalue weighted by atomic mass is 35.5. The number of nitrogens with two attached hydrogens (primary N) is 1. The van der Waals surface area contributed by atoms with E-state index in [-0.39, 0.29) is 18.3 Å². The summed E-state index contributed by atoms with van der Waals surface area (Å²) in [5.74, 6) is 0.598. The molecule has 20 heavy (non-hydrogen) atoms. The van der Waals surface area contributed by atoms with E-state index < -0.39 is 0 Å². The Labute approximate surface area is 125 Å². The lowest BCUT2D eigenvalue weighted by molar-refractivity contribution is 0.0746. The Morgan fingerprint density at radius 1 is 1.25 bits per heavy atom. The van der Waals surface area contributed by atoms with Gasteiger partial charge in [-0.25, -0.2) is 0 Å². The maximum absolute atomic E-state index is 12.4. The van der Waals surface area contributed by atoms with Crippen molar-refractivity contribution in [2.45, 2.75) is 13.5 Å². The second-order valence-electron chi connectivity index (χ2n) is 4.39. The second-order valence-corrected chi connectivity index (χ2v) is 4.39. The van der Waals surface area contributed by atoms with Crippen molar-refractivity contribution in [3.8, 4) is 0 Å². The fourth-order valence-electron chi connectivity index (χ4n) is 1.99. The number of carbonyl (C=O) groups is 1. The van der Waals surface area contributed by atoms with Crippen LogP contribution in [0.25, 0.3) is 0 Å². The van der Waals surface area contributed by atoms with Gasteiger partial charge in [-0.2, -0.15) is 0 Å². The van der Waals surface area contributed by atoms with Gasteiger partial charge in [-0.1, -0.05) is 30.3 Å². The highest BCUT2D eigenvalue weighted by Gasteiger charge is 2.18. The largest absolute Gasteiger partial charge is 0.469 e. The molecule has 0 spiro atoms. The minimum atomic E-state index is -0.0412. The van der Waals surface area contributed by atoms with Crippen LogP contribution < -0.4 is 5.73 Å². The first-order valence-electron chi connectivity index (χ1n) is 6.29. The number of benzene rings is 1. The van der Waals surface area contributed by atoms with Crippen LogP contribution >= 0.6 is 12.4 Å². The number of carbonyl (C=O) groups excluding carboxylic acids is 1. The number of aryl methyl sites for hydroxylation is 1. The van der Waals surface area contributed by atoms with Crippen molar-refractivity contribution in [2.24, 2.45) is 5.73 Å². The van der Waals surface area contributed by atoms with E-state index >= 15 is 0 Å². The van der Waals surface area contributed by atoms with Crippen LogP contribution in [0.4, 0.5) is 0 Å². The molecule has 5 heteroatoms.